The molecule has 9 heavy (non-hydrogen) atoms. The molecule has 1 atom stereocenters. The minimum Gasteiger partial charge on any atom is -0.224 e. The van der Waals surface area contributed by atoms with Crippen molar-refractivity contribution in [2.75, 3.05) is 0 Å². The van der Waals surface area contributed by atoms with Gasteiger partial charge in [0.05, 0.1) is 0 Å². The van der Waals surface area contributed by atoms with Crippen LogP contribution in [0.3, 0.4) is 0 Å². The van der Waals surface area contributed by atoms with Gasteiger partial charge in [0.15, 0.2) is 6.30 Å². The monoisotopic (exact) mass is 124 g/mol. The van der Waals surface area contributed by atoms with E-state index in [2.05, 4.69) is 0 Å². The van der Waals surface area contributed by atoms with Crippen LogP contribution in [-0.2, 0) is 0 Å². The van der Waals surface area contributed by atoms with Crippen LogP contribution in [0.2, 0.25) is 0 Å². The van der Waals surface area contributed by atoms with Crippen molar-refractivity contribution in [1.29, 1.82) is 0 Å². The lowest BCUT2D eigenvalue weighted by molar-refractivity contribution is 0.344. The molecule has 0 aliphatic carbocycles. The molecule has 1 N–H and O–H groups in total. The topological polar surface area (TPSA) is 23.8 Å². The number of hydrogen-bond acceptors (Lipinski definition) is 0. The Bertz CT molecular complexity index is 172. The molecule has 1 rings (SSSR count). The molecule has 1 unspecified atom stereocenters. The van der Waals surface area contributed by atoms with Gasteiger partial charge >= 0.3 is 0 Å². The number of rotatable bonds is 1. The average Bonchev–Trinajstić information content (AvgIpc) is 1.90. The standard InChI is InChI=1S/C7H7FN/c8-7(9)6-4-2-1-3-5-6/h1-5,7,9H. The van der Waals surface area contributed by atoms with Crippen LogP contribution < -0.4 is 5.73 Å². The van der Waals surface area contributed by atoms with Crippen molar-refractivity contribution in [2.45, 2.75) is 6.30 Å². The predicted molar refractivity (Wildman–Crippen MR) is 33.4 cm³/mol. The first-order valence-electron chi connectivity index (χ1n) is 2.71. The summed E-state index contributed by atoms with van der Waals surface area (Å²) in [5, 5.41) is 0. The van der Waals surface area contributed by atoms with Gasteiger partial charge in [0, 0.05) is 5.56 Å². The van der Waals surface area contributed by atoms with E-state index in [1.807, 2.05) is 0 Å². The lowest BCUT2D eigenvalue weighted by atomic mass is 10.2. The van der Waals surface area contributed by atoms with E-state index in [0.29, 0.717) is 5.56 Å². The van der Waals surface area contributed by atoms with Crippen LogP contribution in [0, 0.1) is 0 Å². The van der Waals surface area contributed by atoms with Gasteiger partial charge in [-0.25, -0.2) is 10.1 Å². The average molecular weight is 124 g/mol. The summed E-state index contributed by atoms with van der Waals surface area (Å²) in [6, 6.07) is 8.42. The van der Waals surface area contributed by atoms with Gasteiger partial charge in [0.2, 0.25) is 0 Å². The van der Waals surface area contributed by atoms with Crippen molar-refractivity contribution < 1.29 is 4.39 Å². The van der Waals surface area contributed by atoms with Crippen LogP contribution in [0.5, 0.6) is 0 Å². The Kier molecular flexibility index (Phi) is 1.80. The van der Waals surface area contributed by atoms with Gasteiger partial charge in [-0.2, -0.15) is 0 Å². The smallest absolute Gasteiger partial charge is 0.189 e. The fourth-order valence-electron chi connectivity index (χ4n) is 0.622. The Hall–Kier alpha value is -0.890. The van der Waals surface area contributed by atoms with E-state index in [0.717, 1.165) is 0 Å². The Morgan fingerprint density at radius 2 is 1.78 bits per heavy atom. The minimum absolute atomic E-state index is 0.414. The molecule has 0 heterocycles. The summed E-state index contributed by atoms with van der Waals surface area (Å²) in [5.74, 6) is 0. The van der Waals surface area contributed by atoms with E-state index < -0.39 is 6.30 Å². The van der Waals surface area contributed by atoms with Gasteiger partial charge in [-0.05, 0) is 0 Å². The van der Waals surface area contributed by atoms with E-state index in [1.54, 1.807) is 30.3 Å². The van der Waals surface area contributed by atoms with Crippen molar-refractivity contribution in [3.8, 4) is 0 Å². The fourth-order valence-corrected chi connectivity index (χ4v) is 0.622. The Balaban J connectivity index is 2.85. The van der Waals surface area contributed by atoms with Crippen molar-refractivity contribution >= 4 is 0 Å². The van der Waals surface area contributed by atoms with Crippen LogP contribution in [0.15, 0.2) is 30.3 Å². The molecule has 1 aromatic rings. The molecule has 0 aromatic heterocycles. The van der Waals surface area contributed by atoms with Gasteiger partial charge in [-0.15, -0.1) is 0 Å². The van der Waals surface area contributed by atoms with E-state index in [-0.39, 0.29) is 0 Å². The van der Waals surface area contributed by atoms with Gasteiger partial charge in [0.25, 0.3) is 0 Å². The third kappa shape index (κ3) is 1.50. The normalized spacial score (nSPS) is 13.1. The molecule has 0 amide bonds. The van der Waals surface area contributed by atoms with Crippen LogP contribution in [0.1, 0.15) is 11.9 Å². The summed E-state index contributed by atoms with van der Waals surface area (Å²) in [7, 11) is 0. The number of halogens is 1. The van der Waals surface area contributed by atoms with Crippen molar-refractivity contribution in [3.63, 3.8) is 0 Å². The van der Waals surface area contributed by atoms with Crippen LogP contribution in [0.4, 0.5) is 4.39 Å². The van der Waals surface area contributed by atoms with E-state index in [1.165, 1.54) is 0 Å². The first-order valence-corrected chi connectivity index (χ1v) is 2.71. The molecular weight excluding hydrogens is 117 g/mol. The summed E-state index contributed by atoms with van der Waals surface area (Å²) in [4.78, 5) is 0. The highest BCUT2D eigenvalue weighted by Crippen LogP contribution is 2.10. The number of hydrogen-bond donors (Lipinski definition) is 0. The Labute approximate surface area is 53.3 Å². The molecule has 0 bridgehead atoms. The molecule has 0 fully saturated rings. The molecule has 0 aliphatic rings. The first-order chi connectivity index (χ1) is 4.30. The second-order valence-electron chi connectivity index (χ2n) is 1.77. The van der Waals surface area contributed by atoms with Crippen molar-refractivity contribution in [2.24, 2.45) is 0 Å². The number of nitrogens with one attached hydrogen (secondary N) is 1. The molecule has 0 saturated carbocycles. The summed E-state index contributed by atoms with van der Waals surface area (Å²) < 4.78 is 12.1. The van der Waals surface area contributed by atoms with Gasteiger partial charge < -0.3 is 0 Å². The molecule has 0 aliphatic heterocycles. The highest BCUT2D eigenvalue weighted by Gasteiger charge is 1.99. The van der Waals surface area contributed by atoms with Gasteiger partial charge in [-0.3, -0.25) is 0 Å². The third-order valence-corrected chi connectivity index (χ3v) is 1.09. The second-order valence-corrected chi connectivity index (χ2v) is 1.77. The summed E-state index contributed by atoms with van der Waals surface area (Å²) in [6.07, 6.45) is -1.59. The summed E-state index contributed by atoms with van der Waals surface area (Å²) in [6.45, 7) is 0. The molecule has 1 radical (unpaired) electrons. The minimum atomic E-state index is -1.59. The zero-order valence-electron chi connectivity index (χ0n) is 4.84. The molecule has 47 valence electrons. The Morgan fingerprint density at radius 3 is 2.11 bits per heavy atom. The maximum Gasteiger partial charge on any atom is 0.189 e. The number of alkyl halides is 1. The lowest BCUT2D eigenvalue weighted by Gasteiger charge is -1.97. The zero-order chi connectivity index (χ0) is 6.69. The maximum atomic E-state index is 12.1. The molecule has 1 nitrogen and oxygen atoms in total. The maximum absolute atomic E-state index is 12.1. The molecular formula is C7H7FN. The largest absolute Gasteiger partial charge is 0.224 e. The van der Waals surface area contributed by atoms with Crippen LogP contribution >= 0.6 is 0 Å². The van der Waals surface area contributed by atoms with Crippen molar-refractivity contribution in [1.82, 2.24) is 5.73 Å². The van der Waals surface area contributed by atoms with E-state index >= 15 is 0 Å². The molecule has 0 saturated heterocycles. The Morgan fingerprint density at radius 1 is 1.22 bits per heavy atom. The first kappa shape index (κ1) is 6.23. The van der Waals surface area contributed by atoms with Crippen LogP contribution in [-0.4, -0.2) is 0 Å². The highest BCUT2D eigenvalue weighted by molar-refractivity contribution is 5.15. The summed E-state index contributed by atoms with van der Waals surface area (Å²) in [5.41, 5.74) is 7.07. The van der Waals surface area contributed by atoms with Crippen LogP contribution in [0.25, 0.3) is 0 Å². The highest BCUT2D eigenvalue weighted by atomic mass is 19.1. The van der Waals surface area contributed by atoms with Gasteiger partial charge in [-0.1, -0.05) is 30.3 Å². The lowest BCUT2D eigenvalue weighted by Crippen LogP contribution is -1.88. The number of benzene rings is 1. The quantitative estimate of drug-likeness (QED) is 0.511. The third-order valence-electron chi connectivity index (χ3n) is 1.09. The predicted octanol–water partition coefficient (Wildman–Crippen LogP) is 1.94. The molecule has 1 aromatic carbocycles. The van der Waals surface area contributed by atoms with E-state index in [9.17, 15) is 4.39 Å². The molecule has 2 heteroatoms. The zero-order valence-corrected chi connectivity index (χ0v) is 4.84. The van der Waals surface area contributed by atoms with Crippen molar-refractivity contribution in [3.05, 3.63) is 35.9 Å². The fraction of sp³-hybridized carbons (Fsp3) is 0.143. The van der Waals surface area contributed by atoms with E-state index in [4.69, 9.17) is 5.73 Å². The SMILES string of the molecule is [NH]C(F)c1ccccc1. The molecule has 0 spiro atoms. The second kappa shape index (κ2) is 2.60. The summed E-state index contributed by atoms with van der Waals surface area (Å²) >= 11 is 0. The van der Waals surface area contributed by atoms with Gasteiger partial charge in [0.1, 0.15) is 0 Å².